The van der Waals surface area contributed by atoms with Crippen molar-refractivity contribution in [3.63, 3.8) is 0 Å². The maximum Gasteiger partial charge on any atom is 0.211 e. The van der Waals surface area contributed by atoms with E-state index in [9.17, 15) is 8.42 Å². The first-order chi connectivity index (χ1) is 12.2. The van der Waals surface area contributed by atoms with Crippen molar-refractivity contribution < 1.29 is 8.42 Å². The van der Waals surface area contributed by atoms with E-state index in [1.807, 2.05) is 6.92 Å². The highest BCUT2D eigenvalue weighted by atomic mass is 32.2. The Kier molecular flexibility index (Phi) is 7.92. The topological polar surface area (TPSA) is 52.6 Å². The van der Waals surface area contributed by atoms with Crippen molar-refractivity contribution in [1.82, 2.24) is 9.62 Å². The van der Waals surface area contributed by atoms with E-state index < -0.39 is 10.0 Å². The van der Waals surface area contributed by atoms with Crippen LogP contribution >= 0.6 is 0 Å². The number of sulfonamides is 1. The third kappa shape index (κ3) is 7.25. The highest BCUT2D eigenvalue weighted by molar-refractivity contribution is 7.89. The highest BCUT2D eigenvalue weighted by Crippen LogP contribution is 2.18. The third-order valence-corrected chi connectivity index (χ3v) is 6.50. The molecule has 1 unspecified atom stereocenters. The number of rotatable bonds is 9. The summed E-state index contributed by atoms with van der Waals surface area (Å²) >= 11 is 0. The maximum atomic E-state index is 12.1. The third-order valence-electron chi connectivity index (χ3n) is 4.96. The first-order valence-electron chi connectivity index (χ1n) is 9.79. The van der Waals surface area contributed by atoms with Crippen LogP contribution in [0.3, 0.4) is 0 Å². The lowest BCUT2D eigenvalue weighted by atomic mass is 10.2. The summed E-state index contributed by atoms with van der Waals surface area (Å²) in [5, 5.41) is 0. The molecule has 0 radical (unpaired) electrons. The first-order valence-corrected chi connectivity index (χ1v) is 11.4. The smallest absolute Gasteiger partial charge is 0.211 e. The van der Waals surface area contributed by atoms with Gasteiger partial charge in [0.15, 0.2) is 0 Å². The van der Waals surface area contributed by atoms with E-state index in [-0.39, 0.29) is 11.8 Å². The van der Waals surface area contributed by atoms with E-state index >= 15 is 0 Å². The van der Waals surface area contributed by atoms with Gasteiger partial charge >= 0.3 is 0 Å². The van der Waals surface area contributed by atoms with Crippen LogP contribution in [-0.4, -0.2) is 57.8 Å². The standard InChI is InChI=1S/C20H35N3O2S/c1-17(2)9-15-26(24,25)21-19(4)8-10-22-11-13-23(14-12-22)20-7-5-6-18(3)16-20/h5-7,16-17,19,21H,8-15H2,1-4H3. The zero-order valence-corrected chi connectivity index (χ0v) is 17.6. The summed E-state index contributed by atoms with van der Waals surface area (Å²) < 4.78 is 27.0. The summed E-state index contributed by atoms with van der Waals surface area (Å²) in [5.74, 6) is 0.635. The van der Waals surface area contributed by atoms with Gasteiger partial charge in [-0.2, -0.15) is 0 Å². The highest BCUT2D eigenvalue weighted by Gasteiger charge is 2.19. The summed E-state index contributed by atoms with van der Waals surface area (Å²) in [6, 6.07) is 8.65. The normalized spacial score (nSPS) is 17.7. The van der Waals surface area contributed by atoms with Crippen LogP contribution < -0.4 is 9.62 Å². The number of nitrogens with zero attached hydrogens (tertiary/aromatic N) is 2. The van der Waals surface area contributed by atoms with Crippen molar-refractivity contribution in [2.45, 2.75) is 46.6 Å². The average Bonchev–Trinajstić information content (AvgIpc) is 2.58. The molecule has 26 heavy (non-hydrogen) atoms. The van der Waals surface area contributed by atoms with E-state index in [0.717, 1.165) is 39.1 Å². The Balaban J connectivity index is 1.71. The molecule has 2 rings (SSSR count). The number of benzene rings is 1. The Hall–Kier alpha value is -1.11. The summed E-state index contributed by atoms with van der Waals surface area (Å²) in [5.41, 5.74) is 2.60. The molecule has 1 fully saturated rings. The Bertz CT molecular complexity index is 653. The second-order valence-electron chi connectivity index (χ2n) is 7.98. The molecule has 6 heteroatoms. The van der Waals surface area contributed by atoms with Gasteiger partial charge in [0.05, 0.1) is 5.75 Å². The molecule has 1 aromatic carbocycles. The molecule has 0 bridgehead atoms. The van der Waals surface area contributed by atoms with E-state index in [2.05, 4.69) is 59.6 Å². The van der Waals surface area contributed by atoms with Gasteiger partial charge in [-0.15, -0.1) is 0 Å². The lowest BCUT2D eigenvalue weighted by molar-refractivity contribution is 0.248. The Labute approximate surface area is 159 Å². The molecule has 1 N–H and O–H groups in total. The van der Waals surface area contributed by atoms with Crippen LogP contribution in [0.1, 0.15) is 39.2 Å². The molecule has 0 amide bonds. The van der Waals surface area contributed by atoms with Crippen LogP contribution in [0.2, 0.25) is 0 Å². The van der Waals surface area contributed by atoms with Gasteiger partial charge in [-0.25, -0.2) is 13.1 Å². The van der Waals surface area contributed by atoms with Crippen molar-refractivity contribution in [2.75, 3.05) is 43.4 Å². The molecule has 1 aliphatic heterocycles. The molecule has 0 aromatic heterocycles. The molecule has 1 atom stereocenters. The van der Waals surface area contributed by atoms with Crippen molar-refractivity contribution in [2.24, 2.45) is 5.92 Å². The van der Waals surface area contributed by atoms with E-state index in [1.54, 1.807) is 0 Å². The molecule has 0 spiro atoms. The van der Waals surface area contributed by atoms with E-state index in [1.165, 1.54) is 11.3 Å². The van der Waals surface area contributed by atoms with Crippen molar-refractivity contribution in [3.8, 4) is 0 Å². The first kappa shape index (κ1) is 21.2. The van der Waals surface area contributed by atoms with Crippen LogP contribution in [0.4, 0.5) is 5.69 Å². The second kappa shape index (κ2) is 9.72. The van der Waals surface area contributed by atoms with Gasteiger partial charge in [0.1, 0.15) is 0 Å². The molecule has 5 nitrogen and oxygen atoms in total. The van der Waals surface area contributed by atoms with Gasteiger partial charge in [0.25, 0.3) is 0 Å². The summed E-state index contributed by atoms with van der Waals surface area (Å²) in [6.45, 7) is 13.2. The fraction of sp³-hybridized carbons (Fsp3) is 0.700. The maximum absolute atomic E-state index is 12.1. The second-order valence-corrected chi connectivity index (χ2v) is 9.85. The van der Waals surface area contributed by atoms with Gasteiger partial charge in [-0.05, 0) is 56.8 Å². The van der Waals surface area contributed by atoms with Crippen molar-refractivity contribution >= 4 is 15.7 Å². The van der Waals surface area contributed by atoms with Crippen LogP contribution in [-0.2, 0) is 10.0 Å². The van der Waals surface area contributed by atoms with Gasteiger partial charge < -0.3 is 4.90 Å². The Morgan fingerprint density at radius 1 is 1.08 bits per heavy atom. The minimum Gasteiger partial charge on any atom is -0.369 e. The summed E-state index contributed by atoms with van der Waals surface area (Å²) in [4.78, 5) is 4.87. The predicted molar refractivity (Wildman–Crippen MR) is 110 cm³/mol. The zero-order valence-electron chi connectivity index (χ0n) is 16.7. The minimum atomic E-state index is -3.15. The number of aryl methyl sites for hydroxylation is 1. The van der Waals surface area contributed by atoms with Gasteiger partial charge in [0.2, 0.25) is 10.0 Å². The van der Waals surface area contributed by atoms with Crippen molar-refractivity contribution in [3.05, 3.63) is 29.8 Å². The van der Waals surface area contributed by atoms with Gasteiger partial charge in [-0.3, -0.25) is 4.90 Å². The lowest BCUT2D eigenvalue weighted by Gasteiger charge is -2.36. The Morgan fingerprint density at radius 2 is 1.77 bits per heavy atom. The van der Waals surface area contributed by atoms with Crippen molar-refractivity contribution in [1.29, 1.82) is 0 Å². The SMILES string of the molecule is Cc1cccc(N2CCN(CCC(C)NS(=O)(=O)CCC(C)C)CC2)c1. The number of hydrogen-bond donors (Lipinski definition) is 1. The molecule has 1 saturated heterocycles. The molecule has 1 heterocycles. The van der Waals surface area contributed by atoms with Crippen LogP contribution in [0, 0.1) is 12.8 Å². The number of anilines is 1. The fourth-order valence-corrected chi connectivity index (χ4v) is 4.88. The molecule has 0 aliphatic carbocycles. The summed E-state index contributed by atoms with van der Waals surface area (Å²) in [7, 11) is -3.15. The molecular weight excluding hydrogens is 346 g/mol. The number of nitrogens with one attached hydrogen (secondary N) is 1. The quantitative estimate of drug-likeness (QED) is 0.715. The zero-order chi connectivity index (χ0) is 19.2. The van der Waals surface area contributed by atoms with E-state index in [0.29, 0.717) is 12.3 Å². The minimum absolute atomic E-state index is 0.0121. The van der Waals surface area contributed by atoms with Crippen LogP contribution in [0.5, 0.6) is 0 Å². The van der Waals surface area contributed by atoms with Crippen LogP contribution in [0.15, 0.2) is 24.3 Å². The molecule has 148 valence electrons. The molecule has 1 aliphatic rings. The van der Waals surface area contributed by atoms with Gasteiger partial charge in [0, 0.05) is 37.9 Å². The predicted octanol–water partition coefficient (Wildman–Crippen LogP) is 2.86. The largest absolute Gasteiger partial charge is 0.369 e. The molecule has 0 saturated carbocycles. The lowest BCUT2D eigenvalue weighted by Crippen LogP contribution is -2.47. The fourth-order valence-electron chi connectivity index (χ4n) is 3.25. The van der Waals surface area contributed by atoms with Gasteiger partial charge in [-0.1, -0.05) is 26.0 Å². The average molecular weight is 382 g/mol. The van der Waals surface area contributed by atoms with E-state index in [4.69, 9.17) is 0 Å². The number of hydrogen-bond acceptors (Lipinski definition) is 4. The monoisotopic (exact) mass is 381 g/mol. The number of piperazine rings is 1. The van der Waals surface area contributed by atoms with Crippen LogP contribution in [0.25, 0.3) is 0 Å². The molecular formula is C20H35N3O2S. The molecule has 1 aromatic rings. The summed E-state index contributed by atoms with van der Waals surface area (Å²) in [6.07, 6.45) is 1.56. The Morgan fingerprint density at radius 3 is 2.38 bits per heavy atom.